The smallest absolute Gasteiger partial charge is 0.308 e. The molecule has 0 bridgehead atoms. The minimum Gasteiger partial charge on any atom is -0.496 e. The van der Waals surface area contributed by atoms with Gasteiger partial charge in [-0.25, -0.2) is 0 Å². The van der Waals surface area contributed by atoms with Gasteiger partial charge >= 0.3 is 5.97 Å². The Morgan fingerprint density at radius 3 is 2.67 bits per heavy atom. The standard InChI is InChI=1S/C16H21NO4/c1-10-4-5-12(6-14(10)21-3)7-15(18)17-8-11(2)13(9-17)16(19)20/h4-6,11,13H,7-9H2,1-3H3,(H,19,20)/t11-,13-/m1/s1. The van der Waals surface area contributed by atoms with Crippen molar-refractivity contribution in [1.82, 2.24) is 4.90 Å². The summed E-state index contributed by atoms with van der Waals surface area (Å²) in [5, 5.41) is 9.12. The molecule has 0 aliphatic carbocycles. The second-order valence-electron chi connectivity index (χ2n) is 5.70. The fourth-order valence-electron chi connectivity index (χ4n) is 2.75. The van der Waals surface area contributed by atoms with Gasteiger partial charge in [-0.1, -0.05) is 19.1 Å². The van der Waals surface area contributed by atoms with Gasteiger partial charge in [0.05, 0.1) is 19.4 Å². The number of aliphatic carboxylic acids is 1. The maximum atomic E-state index is 12.3. The molecule has 5 nitrogen and oxygen atoms in total. The zero-order valence-corrected chi connectivity index (χ0v) is 12.6. The number of carboxylic acids is 1. The van der Waals surface area contributed by atoms with Crippen molar-refractivity contribution in [1.29, 1.82) is 0 Å². The van der Waals surface area contributed by atoms with Crippen LogP contribution in [-0.2, 0) is 16.0 Å². The van der Waals surface area contributed by atoms with Gasteiger partial charge in [0.25, 0.3) is 0 Å². The number of likely N-dealkylation sites (tertiary alicyclic amines) is 1. The summed E-state index contributed by atoms with van der Waals surface area (Å²) in [7, 11) is 1.60. The highest BCUT2D eigenvalue weighted by atomic mass is 16.5. The number of amides is 1. The summed E-state index contributed by atoms with van der Waals surface area (Å²) < 4.78 is 5.26. The predicted molar refractivity (Wildman–Crippen MR) is 78.3 cm³/mol. The van der Waals surface area contributed by atoms with Crippen molar-refractivity contribution in [3.05, 3.63) is 29.3 Å². The number of hydrogen-bond acceptors (Lipinski definition) is 3. The lowest BCUT2D eigenvalue weighted by molar-refractivity contribution is -0.142. The molecule has 21 heavy (non-hydrogen) atoms. The SMILES string of the molecule is COc1cc(CC(=O)N2C[C@@H](C)[C@H](C(=O)O)C2)ccc1C. The van der Waals surface area contributed by atoms with Gasteiger partial charge in [-0.05, 0) is 30.0 Å². The summed E-state index contributed by atoms with van der Waals surface area (Å²) in [4.78, 5) is 25.1. The van der Waals surface area contributed by atoms with E-state index >= 15 is 0 Å². The summed E-state index contributed by atoms with van der Waals surface area (Å²) in [6.07, 6.45) is 0.274. The normalized spacial score (nSPS) is 21.4. The molecular formula is C16H21NO4. The van der Waals surface area contributed by atoms with Crippen LogP contribution in [0.5, 0.6) is 5.75 Å². The molecule has 1 aromatic rings. The molecule has 0 saturated carbocycles. The Bertz CT molecular complexity index is 555. The number of carbonyl (C=O) groups is 2. The highest BCUT2D eigenvalue weighted by Gasteiger charge is 2.36. The first-order chi connectivity index (χ1) is 9.92. The number of rotatable bonds is 4. The quantitative estimate of drug-likeness (QED) is 0.917. The molecule has 114 valence electrons. The summed E-state index contributed by atoms with van der Waals surface area (Å²) in [6.45, 7) is 4.64. The first-order valence-electron chi connectivity index (χ1n) is 7.06. The number of methoxy groups -OCH3 is 1. The Morgan fingerprint density at radius 2 is 2.10 bits per heavy atom. The highest BCUT2D eigenvalue weighted by molar-refractivity contribution is 5.81. The van der Waals surface area contributed by atoms with Crippen molar-refractivity contribution < 1.29 is 19.4 Å². The number of aryl methyl sites for hydroxylation is 1. The van der Waals surface area contributed by atoms with Gasteiger partial charge in [-0.3, -0.25) is 9.59 Å². The summed E-state index contributed by atoms with van der Waals surface area (Å²) >= 11 is 0. The van der Waals surface area contributed by atoms with Gasteiger partial charge in [0.2, 0.25) is 5.91 Å². The second kappa shape index (κ2) is 6.16. The summed E-state index contributed by atoms with van der Waals surface area (Å²) in [5.74, 6) is -0.551. The number of benzene rings is 1. The Morgan fingerprint density at radius 1 is 1.38 bits per heavy atom. The van der Waals surface area contributed by atoms with Gasteiger partial charge in [0.15, 0.2) is 0 Å². The molecule has 2 atom stereocenters. The van der Waals surface area contributed by atoms with E-state index in [4.69, 9.17) is 9.84 Å². The highest BCUT2D eigenvalue weighted by Crippen LogP contribution is 2.25. The van der Waals surface area contributed by atoms with Crippen LogP contribution >= 0.6 is 0 Å². The van der Waals surface area contributed by atoms with Gasteiger partial charge < -0.3 is 14.7 Å². The van der Waals surface area contributed by atoms with Crippen LogP contribution in [0.4, 0.5) is 0 Å². The van der Waals surface area contributed by atoms with E-state index in [-0.39, 0.29) is 18.2 Å². The number of carbonyl (C=O) groups excluding carboxylic acids is 1. The maximum absolute atomic E-state index is 12.3. The Hall–Kier alpha value is -2.04. The minimum atomic E-state index is -0.824. The minimum absolute atomic E-state index is 0.000922. The van der Waals surface area contributed by atoms with E-state index < -0.39 is 11.9 Å². The maximum Gasteiger partial charge on any atom is 0.308 e. The van der Waals surface area contributed by atoms with Crippen LogP contribution in [0.2, 0.25) is 0 Å². The van der Waals surface area contributed by atoms with Crippen molar-refractivity contribution in [2.75, 3.05) is 20.2 Å². The monoisotopic (exact) mass is 291 g/mol. The molecule has 1 saturated heterocycles. The lowest BCUT2D eigenvalue weighted by Gasteiger charge is -2.16. The van der Waals surface area contributed by atoms with E-state index in [0.29, 0.717) is 13.1 Å². The first-order valence-corrected chi connectivity index (χ1v) is 7.06. The molecule has 1 heterocycles. The Balaban J connectivity index is 2.04. The van der Waals surface area contributed by atoms with Crippen LogP contribution < -0.4 is 4.74 Å². The molecule has 1 aliphatic heterocycles. The van der Waals surface area contributed by atoms with E-state index in [0.717, 1.165) is 16.9 Å². The third kappa shape index (κ3) is 3.35. The lowest BCUT2D eigenvalue weighted by Crippen LogP contribution is -2.31. The molecule has 0 radical (unpaired) electrons. The second-order valence-corrected chi connectivity index (χ2v) is 5.70. The summed E-state index contributed by atoms with van der Waals surface area (Å²) in [5.41, 5.74) is 1.91. The molecule has 1 amide bonds. The molecular weight excluding hydrogens is 270 g/mol. The van der Waals surface area contributed by atoms with Crippen LogP contribution in [0.15, 0.2) is 18.2 Å². The Kier molecular flexibility index (Phi) is 4.50. The van der Waals surface area contributed by atoms with Crippen LogP contribution in [-0.4, -0.2) is 42.1 Å². The number of nitrogens with zero attached hydrogens (tertiary/aromatic N) is 1. The van der Waals surface area contributed by atoms with Gasteiger partial charge in [0, 0.05) is 13.1 Å². The van der Waals surface area contributed by atoms with Crippen molar-refractivity contribution in [2.24, 2.45) is 11.8 Å². The van der Waals surface area contributed by atoms with Crippen molar-refractivity contribution in [2.45, 2.75) is 20.3 Å². The zero-order chi connectivity index (χ0) is 15.6. The third-order valence-electron chi connectivity index (χ3n) is 4.11. The first kappa shape index (κ1) is 15.4. The van der Waals surface area contributed by atoms with Crippen LogP contribution in [0.25, 0.3) is 0 Å². The fourth-order valence-corrected chi connectivity index (χ4v) is 2.75. The van der Waals surface area contributed by atoms with E-state index in [1.807, 2.05) is 32.0 Å². The molecule has 0 unspecified atom stereocenters. The molecule has 1 N–H and O–H groups in total. The number of carboxylic acid groups (broad SMARTS) is 1. The molecule has 2 rings (SSSR count). The predicted octanol–water partition coefficient (Wildman–Crippen LogP) is 1.73. The average molecular weight is 291 g/mol. The van der Waals surface area contributed by atoms with Crippen molar-refractivity contribution in [3.63, 3.8) is 0 Å². The molecule has 1 aliphatic rings. The van der Waals surface area contributed by atoms with Gasteiger partial charge in [-0.15, -0.1) is 0 Å². The molecule has 5 heteroatoms. The number of ether oxygens (including phenoxy) is 1. The largest absolute Gasteiger partial charge is 0.496 e. The third-order valence-corrected chi connectivity index (χ3v) is 4.11. The fraction of sp³-hybridized carbons (Fsp3) is 0.500. The van der Waals surface area contributed by atoms with Crippen molar-refractivity contribution in [3.8, 4) is 5.75 Å². The van der Waals surface area contributed by atoms with Gasteiger partial charge in [0.1, 0.15) is 5.75 Å². The summed E-state index contributed by atoms with van der Waals surface area (Å²) in [6, 6.07) is 5.69. The Labute approximate surface area is 124 Å². The molecule has 0 aromatic heterocycles. The van der Waals surface area contributed by atoms with E-state index in [2.05, 4.69) is 0 Å². The van der Waals surface area contributed by atoms with E-state index in [1.54, 1.807) is 12.0 Å². The lowest BCUT2D eigenvalue weighted by atomic mass is 9.99. The van der Waals surface area contributed by atoms with Gasteiger partial charge in [-0.2, -0.15) is 0 Å². The van der Waals surface area contributed by atoms with Crippen LogP contribution in [0.3, 0.4) is 0 Å². The number of hydrogen-bond donors (Lipinski definition) is 1. The molecule has 1 fully saturated rings. The zero-order valence-electron chi connectivity index (χ0n) is 12.6. The molecule has 0 spiro atoms. The average Bonchev–Trinajstić information content (AvgIpc) is 2.83. The van der Waals surface area contributed by atoms with Crippen LogP contribution in [0.1, 0.15) is 18.1 Å². The van der Waals surface area contributed by atoms with Crippen LogP contribution in [0, 0.1) is 18.8 Å². The molecule has 1 aromatic carbocycles. The van der Waals surface area contributed by atoms with E-state index in [1.165, 1.54) is 0 Å². The van der Waals surface area contributed by atoms with E-state index in [9.17, 15) is 9.59 Å². The topological polar surface area (TPSA) is 66.8 Å². The van der Waals surface area contributed by atoms with Crippen molar-refractivity contribution >= 4 is 11.9 Å².